The van der Waals surface area contributed by atoms with Crippen LogP contribution in [-0.2, 0) is 6.42 Å². The summed E-state index contributed by atoms with van der Waals surface area (Å²) in [6, 6.07) is 4.76. The topological polar surface area (TPSA) is 12.0 Å². The number of hydrogen-bond acceptors (Lipinski definition) is 1. The fourth-order valence-electron chi connectivity index (χ4n) is 2.78. The Morgan fingerprint density at radius 1 is 1.42 bits per heavy atom. The molecule has 0 amide bonds. The van der Waals surface area contributed by atoms with Crippen molar-refractivity contribution in [3.05, 3.63) is 34.6 Å². The van der Waals surface area contributed by atoms with Crippen LogP contribution in [-0.4, -0.2) is 13.1 Å². The summed E-state index contributed by atoms with van der Waals surface area (Å²) in [6.07, 6.45) is 4.69. The van der Waals surface area contributed by atoms with Crippen molar-refractivity contribution in [1.82, 2.24) is 5.32 Å². The SMILES string of the molecule is CCCNCC(C)(Cc1ccc(F)cc1Cl)C1CC1. The van der Waals surface area contributed by atoms with Crippen molar-refractivity contribution in [2.24, 2.45) is 11.3 Å². The maximum absolute atomic E-state index is 13.1. The molecular weight excluding hydrogens is 261 g/mol. The van der Waals surface area contributed by atoms with Gasteiger partial charge in [-0.15, -0.1) is 0 Å². The molecule has 1 saturated carbocycles. The lowest BCUT2D eigenvalue weighted by molar-refractivity contribution is 0.256. The monoisotopic (exact) mass is 283 g/mol. The number of rotatable bonds is 7. The van der Waals surface area contributed by atoms with Gasteiger partial charge in [0.05, 0.1) is 0 Å². The Balaban J connectivity index is 2.07. The molecule has 1 atom stereocenters. The Bertz CT molecular complexity index is 431. The van der Waals surface area contributed by atoms with Crippen LogP contribution in [0.3, 0.4) is 0 Å². The normalized spacial score (nSPS) is 18.3. The number of halogens is 2. The molecule has 1 aliphatic rings. The van der Waals surface area contributed by atoms with Crippen molar-refractivity contribution in [2.75, 3.05) is 13.1 Å². The van der Waals surface area contributed by atoms with Crippen LogP contribution in [0.1, 0.15) is 38.7 Å². The Kier molecular flexibility index (Phi) is 4.86. The zero-order chi connectivity index (χ0) is 13.9. The molecule has 0 bridgehead atoms. The molecule has 0 heterocycles. The van der Waals surface area contributed by atoms with Gasteiger partial charge in [0.15, 0.2) is 0 Å². The predicted molar refractivity (Wildman–Crippen MR) is 79.1 cm³/mol. The molecule has 0 spiro atoms. The van der Waals surface area contributed by atoms with Crippen molar-refractivity contribution >= 4 is 11.6 Å². The van der Waals surface area contributed by atoms with E-state index in [-0.39, 0.29) is 11.2 Å². The third-order valence-electron chi connectivity index (χ3n) is 4.13. The van der Waals surface area contributed by atoms with E-state index in [9.17, 15) is 4.39 Å². The van der Waals surface area contributed by atoms with Crippen molar-refractivity contribution in [1.29, 1.82) is 0 Å². The molecule has 106 valence electrons. The summed E-state index contributed by atoms with van der Waals surface area (Å²) >= 11 is 6.16. The number of nitrogens with one attached hydrogen (secondary N) is 1. The van der Waals surface area contributed by atoms with Crippen LogP contribution in [0.15, 0.2) is 18.2 Å². The van der Waals surface area contributed by atoms with Crippen molar-refractivity contribution in [3.8, 4) is 0 Å². The van der Waals surface area contributed by atoms with Crippen LogP contribution in [0, 0.1) is 17.2 Å². The van der Waals surface area contributed by atoms with Gasteiger partial charge >= 0.3 is 0 Å². The van der Waals surface area contributed by atoms with Gasteiger partial charge in [-0.1, -0.05) is 31.5 Å². The van der Waals surface area contributed by atoms with Gasteiger partial charge in [0.2, 0.25) is 0 Å². The summed E-state index contributed by atoms with van der Waals surface area (Å²) in [7, 11) is 0. The molecule has 0 radical (unpaired) electrons. The average Bonchev–Trinajstić information content (AvgIpc) is 3.18. The summed E-state index contributed by atoms with van der Waals surface area (Å²) in [5.74, 6) is 0.518. The van der Waals surface area contributed by atoms with E-state index >= 15 is 0 Å². The van der Waals surface area contributed by atoms with Crippen LogP contribution < -0.4 is 5.32 Å². The molecule has 1 unspecified atom stereocenters. The third-order valence-corrected chi connectivity index (χ3v) is 4.48. The fourth-order valence-corrected chi connectivity index (χ4v) is 3.02. The molecule has 1 N–H and O–H groups in total. The highest BCUT2D eigenvalue weighted by atomic mass is 35.5. The zero-order valence-corrected chi connectivity index (χ0v) is 12.6. The van der Waals surface area contributed by atoms with E-state index in [1.807, 2.05) is 6.07 Å². The molecule has 0 aliphatic heterocycles. The molecule has 1 fully saturated rings. The van der Waals surface area contributed by atoms with Gasteiger partial charge in [-0.2, -0.15) is 0 Å². The average molecular weight is 284 g/mol. The van der Waals surface area contributed by atoms with E-state index in [1.165, 1.54) is 25.0 Å². The predicted octanol–water partition coefficient (Wildman–Crippen LogP) is 4.44. The molecule has 2 rings (SSSR count). The summed E-state index contributed by atoms with van der Waals surface area (Å²) < 4.78 is 13.1. The maximum atomic E-state index is 13.1. The van der Waals surface area contributed by atoms with Crippen LogP contribution in [0.4, 0.5) is 4.39 Å². The van der Waals surface area contributed by atoms with E-state index in [1.54, 1.807) is 0 Å². The molecular formula is C16H23ClFN. The van der Waals surface area contributed by atoms with Crippen LogP contribution >= 0.6 is 11.6 Å². The molecule has 19 heavy (non-hydrogen) atoms. The van der Waals surface area contributed by atoms with Gasteiger partial charge in [0.1, 0.15) is 5.82 Å². The second-order valence-corrected chi connectivity index (χ2v) is 6.42. The van der Waals surface area contributed by atoms with Gasteiger partial charge in [-0.25, -0.2) is 4.39 Å². The number of benzene rings is 1. The van der Waals surface area contributed by atoms with E-state index in [0.29, 0.717) is 5.02 Å². The quantitative estimate of drug-likeness (QED) is 0.730. The first-order chi connectivity index (χ1) is 9.05. The Morgan fingerprint density at radius 3 is 2.74 bits per heavy atom. The largest absolute Gasteiger partial charge is 0.316 e. The van der Waals surface area contributed by atoms with Gasteiger partial charge in [0.25, 0.3) is 0 Å². The molecule has 0 aromatic heterocycles. The summed E-state index contributed by atoms with van der Waals surface area (Å²) in [4.78, 5) is 0. The van der Waals surface area contributed by atoms with Gasteiger partial charge < -0.3 is 5.32 Å². The third kappa shape index (κ3) is 3.93. The summed E-state index contributed by atoms with van der Waals surface area (Å²) in [5, 5.41) is 4.09. The second kappa shape index (κ2) is 6.23. The standard InChI is InChI=1S/C16H23ClFN/c1-3-8-19-11-16(2,13-5-6-13)10-12-4-7-14(18)9-15(12)17/h4,7,9,13,19H,3,5-6,8,10-11H2,1-2H3. The van der Waals surface area contributed by atoms with E-state index in [4.69, 9.17) is 11.6 Å². The molecule has 1 aromatic carbocycles. The Hall–Kier alpha value is -0.600. The molecule has 3 heteroatoms. The van der Waals surface area contributed by atoms with Crippen LogP contribution in [0.2, 0.25) is 5.02 Å². The molecule has 1 aromatic rings. The van der Waals surface area contributed by atoms with Gasteiger partial charge in [-0.3, -0.25) is 0 Å². The van der Waals surface area contributed by atoms with E-state index < -0.39 is 0 Å². The highest BCUT2D eigenvalue weighted by molar-refractivity contribution is 6.31. The highest BCUT2D eigenvalue weighted by Gasteiger charge is 2.41. The first kappa shape index (κ1) is 14.8. The minimum Gasteiger partial charge on any atom is -0.316 e. The molecule has 0 saturated heterocycles. The van der Waals surface area contributed by atoms with Gasteiger partial charge in [-0.05, 0) is 61.3 Å². The summed E-state index contributed by atoms with van der Waals surface area (Å²) in [5.41, 5.74) is 1.30. The Morgan fingerprint density at radius 2 is 2.16 bits per heavy atom. The molecule has 1 aliphatic carbocycles. The zero-order valence-electron chi connectivity index (χ0n) is 11.8. The Labute approximate surface area is 120 Å². The van der Waals surface area contributed by atoms with E-state index in [2.05, 4.69) is 19.2 Å². The van der Waals surface area contributed by atoms with Crippen molar-refractivity contribution in [3.63, 3.8) is 0 Å². The first-order valence-corrected chi connectivity index (χ1v) is 7.57. The van der Waals surface area contributed by atoms with Crippen LogP contribution in [0.5, 0.6) is 0 Å². The van der Waals surface area contributed by atoms with Crippen molar-refractivity contribution < 1.29 is 4.39 Å². The minimum atomic E-state index is -0.258. The lowest BCUT2D eigenvalue weighted by Crippen LogP contribution is -2.36. The van der Waals surface area contributed by atoms with Crippen molar-refractivity contribution in [2.45, 2.75) is 39.5 Å². The fraction of sp³-hybridized carbons (Fsp3) is 0.625. The van der Waals surface area contributed by atoms with Crippen LogP contribution in [0.25, 0.3) is 0 Å². The second-order valence-electron chi connectivity index (χ2n) is 6.02. The van der Waals surface area contributed by atoms with E-state index in [0.717, 1.165) is 37.4 Å². The highest BCUT2D eigenvalue weighted by Crippen LogP contribution is 2.47. The lowest BCUT2D eigenvalue weighted by Gasteiger charge is -2.31. The molecule has 1 nitrogen and oxygen atoms in total. The minimum absolute atomic E-state index is 0.233. The number of hydrogen-bond donors (Lipinski definition) is 1. The first-order valence-electron chi connectivity index (χ1n) is 7.20. The smallest absolute Gasteiger partial charge is 0.124 e. The van der Waals surface area contributed by atoms with Gasteiger partial charge in [0, 0.05) is 11.6 Å². The summed E-state index contributed by atoms with van der Waals surface area (Å²) in [6.45, 7) is 6.57. The maximum Gasteiger partial charge on any atom is 0.124 e. The lowest BCUT2D eigenvalue weighted by atomic mass is 9.79.